The van der Waals surface area contributed by atoms with Crippen LogP contribution in [0.1, 0.15) is 24.8 Å². The lowest BCUT2D eigenvalue weighted by molar-refractivity contribution is -0.137. The van der Waals surface area contributed by atoms with E-state index in [4.69, 9.17) is 5.11 Å². The first-order chi connectivity index (χ1) is 10.0. The van der Waals surface area contributed by atoms with Gasteiger partial charge in [-0.05, 0) is 30.5 Å². The second kappa shape index (κ2) is 6.88. The molecule has 2 rings (SSSR count). The van der Waals surface area contributed by atoms with E-state index in [1.165, 1.54) is 0 Å². The first kappa shape index (κ1) is 15.0. The third-order valence-corrected chi connectivity index (χ3v) is 3.50. The van der Waals surface area contributed by atoms with Gasteiger partial charge >= 0.3 is 5.97 Å². The van der Waals surface area contributed by atoms with Gasteiger partial charge in [-0.3, -0.25) is 14.4 Å². The summed E-state index contributed by atoms with van der Waals surface area (Å²) < 4.78 is 0. The molecule has 1 aliphatic rings. The number of rotatable bonds is 6. The van der Waals surface area contributed by atoms with E-state index >= 15 is 0 Å². The lowest BCUT2D eigenvalue weighted by atomic mass is 9.85. The Hall–Kier alpha value is -2.37. The maximum atomic E-state index is 11.8. The Morgan fingerprint density at radius 3 is 2.33 bits per heavy atom. The predicted octanol–water partition coefficient (Wildman–Crippen LogP) is 1.17. The molecule has 0 atom stereocenters. The van der Waals surface area contributed by atoms with E-state index in [9.17, 15) is 14.4 Å². The number of aliphatic carboxylic acids is 1. The van der Waals surface area contributed by atoms with E-state index in [1.54, 1.807) is 24.3 Å². The highest BCUT2D eigenvalue weighted by Crippen LogP contribution is 2.27. The topological polar surface area (TPSA) is 95.5 Å². The monoisotopic (exact) mass is 290 g/mol. The summed E-state index contributed by atoms with van der Waals surface area (Å²) in [6.45, 7) is -0.381. The zero-order valence-corrected chi connectivity index (χ0v) is 11.6. The minimum absolute atomic E-state index is 0.0493. The van der Waals surface area contributed by atoms with Crippen LogP contribution in [0.2, 0.25) is 0 Å². The highest BCUT2D eigenvalue weighted by atomic mass is 16.4. The highest BCUT2D eigenvalue weighted by molar-refractivity contribution is 5.93. The van der Waals surface area contributed by atoms with Crippen molar-refractivity contribution >= 4 is 23.5 Å². The summed E-state index contributed by atoms with van der Waals surface area (Å²) in [5, 5.41) is 13.6. The summed E-state index contributed by atoms with van der Waals surface area (Å²) >= 11 is 0. The summed E-state index contributed by atoms with van der Waals surface area (Å²) in [7, 11) is 0. The van der Waals surface area contributed by atoms with Gasteiger partial charge in [-0.15, -0.1) is 0 Å². The molecule has 0 saturated heterocycles. The van der Waals surface area contributed by atoms with Gasteiger partial charge in [0.05, 0.1) is 6.42 Å². The zero-order valence-electron chi connectivity index (χ0n) is 11.6. The Kier molecular flexibility index (Phi) is 4.92. The molecular formula is C15H18N2O4. The molecule has 1 saturated carbocycles. The molecule has 21 heavy (non-hydrogen) atoms. The van der Waals surface area contributed by atoms with Crippen molar-refractivity contribution in [2.24, 2.45) is 5.92 Å². The molecule has 0 radical (unpaired) electrons. The quantitative estimate of drug-likeness (QED) is 0.732. The molecule has 0 bridgehead atoms. The van der Waals surface area contributed by atoms with Crippen molar-refractivity contribution in [3.63, 3.8) is 0 Å². The molecule has 1 aliphatic carbocycles. The standard InChI is InChI=1S/C15H18N2O4/c18-13(16-9-14(19)20)8-10-4-6-12(7-5-10)17-15(21)11-2-1-3-11/h4-7,11H,1-3,8-9H2,(H,16,18)(H,17,21)(H,19,20). The Morgan fingerprint density at radius 1 is 1.14 bits per heavy atom. The molecule has 0 aromatic heterocycles. The Bertz CT molecular complexity index is 535. The average Bonchev–Trinajstić information content (AvgIpc) is 2.36. The van der Waals surface area contributed by atoms with E-state index in [0.29, 0.717) is 5.69 Å². The van der Waals surface area contributed by atoms with Crippen LogP contribution in [0.15, 0.2) is 24.3 Å². The number of benzene rings is 1. The van der Waals surface area contributed by atoms with E-state index < -0.39 is 5.97 Å². The van der Waals surface area contributed by atoms with Gasteiger partial charge in [0.2, 0.25) is 11.8 Å². The molecule has 3 N–H and O–H groups in total. The van der Waals surface area contributed by atoms with Crippen LogP contribution >= 0.6 is 0 Å². The largest absolute Gasteiger partial charge is 0.480 e. The van der Waals surface area contributed by atoms with Gasteiger partial charge in [0.15, 0.2) is 0 Å². The number of amides is 2. The third kappa shape index (κ3) is 4.59. The minimum atomic E-state index is -1.07. The summed E-state index contributed by atoms with van der Waals surface area (Å²) in [5.74, 6) is -1.24. The van der Waals surface area contributed by atoms with Crippen LogP contribution in [-0.4, -0.2) is 29.4 Å². The van der Waals surface area contributed by atoms with Crippen LogP contribution in [0.3, 0.4) is 0 Å². The van der Waals surface area contributed by atoms with Crippen LogP contribution in [0.25, 0.3) is 0 Å². The van der Waals surface area contributed by atoms with Crippen molar-refractivity contribution in [3.05, 3.63) is 29.8 Å². The number of carboxylic acid groups (broad SMARTS) is 1. The lowest BCUT2D eigenvalue weighted by Crippen LogP contribution is -2.30. The van der Waals surface area contributed by atoms with Gasteiger partial charge in [-0.2, -0.15) is 0 Å². The Labute approximate surface area is 122 Å². The van der Waals surface area contributed by atoms with Gasteiger partial charge in [-0.1, -0.05) is 18.6 Å². The number of nitrogens with one attached hydrogen (secondary N) is 2. The molecule has 0 spiro atoms. The predicted molar refractivity (Wildman–Crippen MR) is 76.8 cm³/mol. The van der Waals surface area contributed by atoms with E-state index in [2.05, 4.69) is 10.6 Å². The number of hydrogen-bond acceptors (Lipinski definition) is 3. The van der Waals surface area contributed by atoms with Crippen molar-refractivity contribution in [2.45, 2.75) is 25.7 Å². The molecule has 0 unspecified atom stereocenters. The van der Waals surface area contributed by atoms with Gasteiger partial charge in [0.25, 0.3) is 0 Å². The fourth-order valence-electron chi connectivity index (χ4n) is 2.04. The minimum Gasteiger partial charge on any atom is -0.480 e. The molecule has 1 aromatic carbocycles. The number of hydrogen-bond donors (Lipinski definition) is 3. The highest BCUT2D eigenvalue weighted by Gasteiger charge is 2.24. The number of carbonyl (C=O) groups is 3. The lowest BCUT2D eigenvalue weighted by Gasteiger charge is -2.24. The van der Waals surface area contributed by atoms with E-state index in [1.807, 2.05) is 0 Å². The molecule has 0 heterocycles. The second-order valence-corrected chi connectivity index (χ2v) is 5.16. The summed E-state index contributed by atoms with van der Waals surface area (Å²) in [5.41, 5.74) is 1.47. The number of anilines is 1. The van der Waals surface area contributed by atoms with Crippen molar-refractivity contribution in [3.8, 4) is 0 Å². The van der Waals surface area contributed by atoms with Crippen molar-refractivity contribution in [2.75, 3.05) is 11.9 Å². The van der Waals surface area contributed by atoms with Crippen LogP contribution < -0.4 is 10.6 Å². The van der Waals surface area contributed by atoms with Crippen molar-refractivity contribution in [1.29, 1.82) is 0 Å². The van der Waals surface area contributed by atoms with E-state index in [0.717, 1.165) is 24.8 Å². The Balaban J connectivity index is 1.82. The SMILES string of the molecule is O=C(O)CNC(=O)Cc1ccc(NC(=O)C2CCC2)cc1. The number of carboxylic acids is 1. The summed E-state index contributed by atoms with van der Waals surface area (Å²) in [6, 6.07) is 6.99. The van der Waals surface area contributed by atoms with E-state index in [-0.39, 0.29) is 30.7 Å². The van der Waals surface area contributed by atoms with Crippen molar-refractivity contribution in [1.82, 2.24) is 5.32 Å². The molecular weight excluding hydrogens is 272 g/mol. The van der Waals surface area contributed by atoms with Gasteiger partial charge in [0.1, 0.15) is 6.54 Å². The molecule has 0 aliphatic heterocycles. The fourth-order valence-corrected chi connectivity index (χ4v) is 2.04. The maximum Gasteiger partial charge on any atom is 0.322 e. The second-order valence-electron chi connectivity index (χ2n) is 5.16. The smallest absolute Gasteiger partial charge is 0.322 e. The normalized spacial score (nSPS) is 14.1. The molecule has 6 heteroatoms. The summed E-state index contributed by atoms with van der Waals surface area (Å²) in [6.07, 6.45) is 3.13. The first-order valence-electron chi connectivity index (χ1n) is 6.93. The average molecular weight is 290 g/mol. The fraction of sp³-hybridized carbons (Fsp3) is 0.400. The molecule has 112 valence electrons. The number of carbonyl (C=O) groups excluding carboxylic acids is 2. The third-order valence-electron chi connectivity index (χ3n) is 3.50. The molecule has 2 amide bonds. The van der Waals surface area contributed by atoms with Crippen LogP contribution in [0, 0.1) is 5.92 Å². The van der Waals surface area contributed by atoms with Crippen molar-refractivity contribution < 1.29 is 19.5 Å². The van der Waals surface area contributed by atoms with Gasteiger partial charge in [0, 0.05) is 11.6 Å². The van der Waals surface area contributed by atoms with Crippen LogP contribution in [0.5, 0.6) is 0 Å². The molecule has 6 nitrogen and oxygen atoms in total. The van der Waals surface area contributed by atoms with Crippen LogP contribution in [-0.2, 0) is 20.8 Å². The van der Waals surface area contributed by atoms with Crippen LogP contribution in [0.4, 0.5) is 5.69 Å². The van der Waals surface area contributed by atoms with Gasteiger partial charge < -0.3 is 15.7 Å². The Morgan fingerprint density at radius 2 is 1.81 bits per heavy atom. The maximum absolute atomic E-state index is 11.8. The van der Waals surface area contributed by atoms with Gasteiger partial charge in [-0.25, -0.2) is 0 Å². The molecule has 1 aromatic rings. The molecule has 1 fully saturated rings. The summed E-state index contributed by atoms with van der Waals surface area (Å²) in [4.78, 5) is 33.6. The zero-order chi connectivity index (χ0) is 15.2. The first-order valence-corrected chi connectivity index (χ1v) is 6.93.